The highest BCUT2D eigenvalue weighted by Gasteiger charge is 2.38. The van der Waals surface area contributed by atoms with Gasteiger partial charge in [0.15, 0.2) is 0 Å². The minimum Gasteiger partial charge on any atom is -0.508 e. The first-order valence-electron chi connectivity index (χ1n) is 13.1. The van der Waals surface area contributed by atoms with E-state index >= 15 is 0 Å². The van der Waals surface area contributed by atoms with Gasteiger partial charge in [0.05, 0.1) is 6.54 Å². The number of aryl methyl sites for hydroxylation is 2. The van der Waals surface area contributed by atoms with Crippen LogP contribution in [-0.4, -0.2) is 49.0 Å². The number of carbonyl (C=O) groups excluding carboxylic acids is 1. The van der Waals surface area contributed by atoms with Gasteiger partial charge in [-0.15, -0.1) is 0 Å². The van der Waals surface area contributed by atoms with Gasteiger partial charge in [-0.25, -0.2) is 0 Å². The molecule has 4 nitrogen and oxygen atoms in total. The van der Waals surface area contributed by atoms with Crippen LogP contribution < -0.4 is 4.90 Å². The van der Waals surface area contributed by atoms with Crippen molar-refractivity contribution in [2.24, 2.45) is 5.41 Å². The van der Waals surface area contributed by atoms with Crippen LogP contribution in [0.2, 0.25) is 0 Å². The zero-order valence-electron chi connectivity index (χ0n) is 21.2. The smallest absolute Gasteiger partial charge is 0.133 e. The first kappa shape index (κ1) is 29.4. The summed E-state index contributed by atoms with van der Waals surface area (Å²) in [5.74, 6) is 0.408. The molecule has 5 rings (SSSR count). The number of para-hydroxylation sites is 1. The fourth-order valence-corrected chi connectivity index (χ4v) is 5.51. The second-order valence-electron chi connectivity index (χ2n) is 9.96. The minimum atomic E-state index is 0. The third kappa shape index (κ3) is 8.67. The Balaban J connectivity index is 0.000000240. The van der Waals surface area contributed by atoms with Gasteiger partial charge in [-0.2, -0.15) is 0 Å². The standard InChI is InChI=1S/C17H24N2O.C10H12O.C4H6.CH4/c20-14-13-18-11-8-17(9-12-18)7-4-10-19(15-17)16-5-2-1-3-6-16;11-10-6-5-8-3-1-2-4-9(8)7-10;1-3-4-2;/h1-3,5-6,14H,4,7-13,15H2;5-7,11H,1-4H2;3-4H,1-2H2;1H4. The van der Waals surface area contributed by atoms with Crippen molar-refractivity contribution in [3.05, 3.63) is 85.0 Å². The Kier molecular flexibility index (Phi) is 12.5. The second kappa shape index (κ2) is 15.3. The number of carbonyl (C=O) groups is 1. The van der Waals surface area contributed by atoms with Crippen LogP contribution in [0.1, 0.15) is 57.1 Å². The molecule has 1 aliphatic carbocycles. The molecule has 2 heterocycles. The number of hydrogen-bond acceptors (Lipinski definition) is 4. The number of aromatic hydroxyl groups is 1. The number of benzene rings is 2. The second-order valence-corrected chi connectivity index (χ2v) is 9.96. The largest absolute Gasteiger partial charge is 0.508 e. The van der Waals surface area contributed by atoms with Crippen LogP contribution in [0.4, 0.5) is 5.69 Å². The van der Waals surface area contributed by atoms with Crippen LogP contribution in [0.5, 0.6) is 5.75 Å². The molecule has 0 aromatic heterocycles. The molecule has 2 aromatic carbocycles. The van der Waals surface area contributed by atoms with Crippen LogP contribution in [0, 0.1) is 5.41 Å². The molecule has 0 atom stereocenters. The Labute approximate surface area is 219 Å². The topological polar surface area (TPSA) is 43.8 Å². The van der Waals surface area contributed by atoms with Crippen molar-refractivity contribution in [3.63, 3.8) is 0 Å². The van der Waals surface area contributed by atoms with Gasteiger partial charge in [0.2, 0.25) is 0 Å². The highest BCUT2D eigenvalue weighted by atomic mass is 16.3. The van der Waals surface area contributed by atoms with Gasteiger partial charge >= 0.3 is 0 Å². The van der Waals surface area contributed by atoms with Crippen LogP contribution in [0.15, 0.2) is 73.8 Å². The number of aldehydes is 1. The molecule has 2 fully saturated rings. The zero-order chi connectivity index (χ0) is 24.9. The molecule has 0 unspecified atom stereocenters. The van der Waals surface area contributed by atoms with Crippen molar-refractivity contribution in [3.8, 4) is 5.75 Å². The Morgan fingerprint density at radius 2 is 1.53 bits per heavy atom. The first-order valence-corrected chi connectivity index (χ1v) is 13.1. The normalized spacial score (nSPS) is 18.2. The van der Waals surface area contributed by atoms with E-state index in [-0.39, 0.29) is 7.43 Å². The maximum Gasteiger partial charge on any atom is 0.133 e. The summed E-state index contributed by atoms with van der Waals surface area (Å²) in [6.07, 6.45) is 14.4. The average Bonchev–Trinajstić information content (AvgIpc) is 2.91. The SMILES string of the molecule is C.C=CC=C.O=CCN1CCC2(CCCN(c3ccccc3)C2)CC1.Oc1ccc2c(c1)CCCC2. The number of allylic oxidation sites excluding steroid dienone is 2. The average molecular weight is 491 g/mol. The van der Waals surface area contributed by atoms with E-state index in [9.17, 15) is 9.90 Å². The predicted molar refractivity (Wildman–Crippen MR) is 154 cm³/mol. The molecule has 1 spiro atoms. The fourth-order valence-electron chi connectivity index (χ4n) is 5.51. The van der Waals surface area contributed by atoms with E-state index < -0.39 is 0 Å². The third-order valence-corrected chi connectivity index (χ3v) is 7.53. The lowest BCUT2D eigenvalue weighted by Gasteiger charge is -2.48. The summed E-state index contributed by atoms with van der Waals surface area (Å²) >= 11 is 0. The summed E-state index contributed by atoms with van der Waals surface area (Å²) < 4.78 is 0. The number of phenolic OH excluding ortho intramolecular Hbond substituents is 1. The Morgan fingerprint density at radius 1 is 0.861 bits per heavy atom. The van der Waals surface area contributed by atoms with Crippen molar-refractivity contribution < 1.29 is 9.90 Å². The highest BCUT2D eigenvalue weighted by molar-refractivity contribution is 5.52. The fraction of sp³-hybridized carbons (Fsp3) is 0.469. The lowest BCUT2D eigenvalue weighted by Crippen LogP contribution is -2.49. The quantitative estimate of drug-likeness (QED) is 0.377. The molecule has 3 aliphatic rings. The highest BCUT2D eigenvalue weighted by Crippen LogP contribution is 2.40. The number of nitrogens with zero attached hydrogens (tertiary/aromatic N) is 2. The third-order valence-electron chi connectivity index (χ3n) is 7.53. The molecule has 2 saturated heterocycles. The Bertz CT molecular complexity index is 926. The number of fused-ring (bicyclic) bond motifs is 1. The maximum absolute atomic E-state index is 10.6. The van der Waals surface area contributed by atoms with Crippen LogP contribution >= 0.6 is 0 Å². The van der Waals surface area contributed by atoms with E-state index in [1.807, 2.05) is 12.1 Å². The molecular weight excluding hydrogens is 444 g/mol. The minimum absolute atomic E-state index is 0. The Hall–Kier alpha value is -2.85. The predicted octanol–water partition coefficient (Wildman–Crippen LogP) is 6.83. The van der Waals surface area contributed by atoms with E-state index in [4.69, 9.17) is 0 Å². The van der Waals surface area contributed by atoms with E-state index in [0.717, 1.165) is 25.8 Å². The van der Waals surface area contributed by atoms with E-state index in [1.165, 1.54) is 74.8 Å². The summed E-state index contributed by atoms with van der Waals surface area (Å²) in [7, 11) is 0. The molecule has 2 aromatic rings. The number of rotatable bonds is 4. The molecule has 196 valence electrons. The van der Waals surface area contributed by atoms with Gasteiger partial charge in [0, 0.05) is 18.8 Å². The van der Waals surface area contributed by atoms with Gasteiger partial charge in [-0.1, -0.05) is 57.0 Å². The first-order chi connectivity index (χ1) is 17.1. The molecule has 4 heteroatoms. The number of piperidine rings is 2. The Morgan fingerprint density at radius 3 is 2.17 bits per heavy atom. The van der Waals surface area contributed by atoms with Gasteiger partial charge in [-0.3, -0.25) is 4.90 Å². The van der Waals surface area contributed by atoms with Crippen molar-refractivity contribution in [2.75, 3.05) is 37.6 Å². The molecule has 2 aliphatic heterocycles. The lowest BCUT2D eigenvalue weighted by atomic mass is 9.72. The lowest BCUT2D eigenvalue weighted by molar-refractivity contribution is -0.109. The number of phenols is 1. The van der Waals surface area contributed by atoms with Gasteiger partial charge in [-0.05, 0) is 105 Å². The van der Waals surface area contributed by atoms with Gasteiger partial charge < -0.3 is 14.8 Å². The van der Waals surface area contributed by atoms with Crippen molar-refractivity contribution in [1.29, 1.82) is 0 Å². The van der Waals surface area contributed by atoms with Gasteiger partial charge in [0.25, 0.3) is 0 Å². The van der Waals surface area contributed by atoms with E-state index in [1.54, 1.807) is 18.2 Å². The summed E-state index contributed by atoms with van der Waals surface area (Å²) in [6, 6.07) is 16.5. The van der Waals surface area contributed by atoms with Crippen LogP contribution in [0.25, 0.3) is 0 Å². The van der Waals surface area contributed by atoms with Crippen molar-refractivity contribution in [2.45, 2.75) is 58.8 Å². The van der Waals surface area contributed by atoms with Crippen LogP contribution in [0.3, 0.4) is 0 Å². The molecule has 0 saturated carbocycles. The molecule has 0 amide bonds. The summed E-state index contributed by atoms with van der Waals surface area (Å²) in [6.45, 7) is 11.9. The monoisotopic (exact) mass is 490 g/mol. The van der Waals surface area contributed by atoms with Crippen molar-refractivity contribution in [1.82, 2.24) is 4.90 Å². The summed E-state index contributed by atoms with van der Waals surface area (Å²) in [5, 5.41) is 9.19. The molecule has 1 N–H and O–H groups in total. The van der Waals surface area contributed by atoms with Crippen LogP contribution in [-0.2, 0) is 17.6 Å². The van der Waals surface area contributed by atoms with E-state index in [0.29, 0.717) is 17.7 Å². The number of anilines is 1. The zero-order valence-corrected chi connectivity index (χ0v) is 21.2. The van der Waals surface area contributed by atoms with Crippen molar-refractivity contribution >= 4 is 12.0 Å². The maximum atomic E-state index is 10.6. The summed E-state index contributed by atoms with van der Waals surface area (Å²) in [4.78, 5) is 15.5. The molecule has 0 bridgehead atoms. The number of hydrogen-bond donors (Lipinski definition) is 1. The molecular formula is C32H46N2O2. The molecule has 0 radical (unpaired) electrons. The van der Waals surface area contributed by atoms with E-state index in [2.05, 4.69) is 53.3 Å². The number of likely N-dealkylation sites (tertiary alicyclic amines) is 1. The molecule has 36 heavy (non-hydrogen) atoms. The summed E-state index contributed by atoms with van der Waals surface area (Å²) in [5.41, 5.74) is 4.61. The van der Waals surface area contributed by atoms with Gasteiger partial charge in [0.1, 0.15) is 12.0 Å².